The van der Waals surface area contributed by atoms with Gasteiger partial charge in [-0.1, -0.05) is 92.0 Å². The predicted molar refractivity (Wildman–Crippen MR) is 226 cm³/mol. The summed E-state index contributed by atoms with van der Waals surface area (Å²) in [6.45, 7) is 4.05. The molecule has 15 nitrogen and oxygen atoms in total. The quantitative estimate of drug-likeness (QED) is 0.0692. The van der Waals surface area contributed by atoms with E-state index in [9.17, 15) is 21.6 Å². The number of ether oxygens (including phenoxy) is 1. The Hall–Kier alpha value is -2.83. The van der Waals surface area contributed by atoms with Gasteiger partial charge < -0.3 is 26.2 Å². The van der Waals surface area contributed by atoms with E-state index < -0.39 is 38.1 Å². The number of benzene rings is 1. The molecule has 0 bridgehead atoms. The highest BCUT2D eigenvalue weighted by atomic mass is 32.2. The van der Waals surface area contributed by atoms with Gasteiger partial charge in [-0.15, -0.1) is 0 Å². The minimum Gasteiger partial charge on any atom is -0.409 e. The maximum absolute atomic E-state index is 13.2. The van der Waals surface area contributed by atoms with Crippen molar-refractivity contribution in [2.75, 3.05) is 44.3 Å². The number of sulfonamides is 2. The molecule has 6 rings (SSSR count). The molecule has 0 unspecified atom stereocenters. The maximum Gasteiger partial charge on any atom is 0.337 e. The fourth-order valence-electron chi connectivity index (χ4n) is 9.22. The van der Waals surface area contributed by atoms with Crippen LogP contribution in [-0.2, 0) is 41.0 Å². The van der Waals surface area contributed by atoms with Crippen molar-refractivity contribution < 1.29 is 36.4 Å². The van der Waals surface area contributed by atoms with Gasteiger partial charge in [0.15, 0.2) is 11.7 Å². The first kappa shape index (κ1) is 46.2. The Morgan fingerprint density at radius 2 is 1.17 bits per heavy atom. The first-order chi connectivity index (χ1) is 27.9. The standard InChI is InChI=1S/C28H44N4O5S.C13H25N3O3S/c29-28(26-13-7-8-17-32(26)38(34,35)22-24-11-5-2-6-12-24)30-37-27(33)16-20-36-25-14-18-31(19-15-25)21-23-9-3-1-4-10-23;14-13(15-17)12-8-4-5-9-16(12)20(18,19)10-11-6-2-1-3-7-11/h1,3-4,9-10,24-26H,2,5-8,11-22H2,(H2,29,30);11-12,17H,1-10H2,(H2,14,15)/t26-;12-/m00/s1. The lowest BCUT2D eigenvalue weighted by Crippen LogP contribution is -2.51. The zero-order valence-electron chi connectivity index (χ0n) is 34.4. The Balaban J connectivity index is 0.000000269. The molecule has 0 spiro atoms. The number of nitrogens with two attached hydrogens (primary N) is 2. The van der Waals surface area contributed by atoms with Gasteiger partial charge in [0, 0.05) is 32.7 Å². The molecule has 3 heterocycles. The normalized spacial score (nSPS) is 24.8. The number of hydrogen-bond acceptors (Lipinski definition) is 11. The summed E-state index contributed by atoms with van der Waals surface area (Å²) in [7, 11) is -6.78. The zero-order valence-corrected chi connectivity index (χ0v) is 36.0. The molecule has 1 aromatic carbocycles. The van der Waals surface area contributed by atoms with Crippen LogP contribution < -0.4 is 11.5 Å². The lowest BCUT2D eigenvalue weighted by molar-refractivity contribution is -0.145. The molecule has 5 N–H and O–H groups in total. The topological polar surface area (TPSA) is 211 Å². The largest absolute Gasteiger partial charge is 0.409 e. The number of oxime groups is 2. The third-order valence-electron chi connectivity index (χ3n) is 12.5. The van der Waals surface area contributed by atoms with Gasteiger partial charge in [-0.2, -0.15) is 8.61 Å². The van der Waals surface area contributed by atoms with Gasteiger partial charge in [0.25, 0.3) is 0 Å². The average molecular weight is 852 g/mol. The van der Waals surface area contributed by atoms with E-state index in [0.29, 0.717) is 25.9 Å². The molecule has 0 aromatic heterocycles. The van der Waals surface area contributed by atoms with Gasteiger partial charge in [-0.25, -0.2) is 21.6 Å². The van der Waals surface area contributed by atoms with Gasteiger partial charge in [0.1, 0.15) is 0 Å². The minimum absolute atomic E-state index is 0.0110. The van der Waals surface area contributed by atoms with E-state index in [1.807, 2.05) is 6.07 Å². The van der Waals surface area contributed by atoms with E-state index in [-0.39, 0.29) is 54.1 Å². The number of carbonyl (C=O) groups is 1. The molecule has 328 valence electrons. The van der Waals surface area contributed by atoms with Gasteiger partial charge in [-0.05, 0) is 81.6 Å². The molecule has 2 atom stereocenters. The summed E-state index contributed by atoms with van der Waals surface area (Å²) in [4.78, 5) is 19.7. The van der Waals surface area contributed by atoms with Crippen LogP contribution in [0, 0.1) is 11.8 Å². The summed E-state index contributed by atoms with van der Waals surface area (Å²) >= 11 is 0. The third-order valence-corrected chi connectivity index (χ3v) is 16.5. The molecular formula is C41H69N7O8S2. The number of piperidine rings is 3. The van der Waals surface area contributed by atoms with E-state index in [4.69, 9.17) is 26.2 Å². The number of carbonyl (C=O) groups excluding carboxylic acids is 1. The van der Waals surface area contributed by atoms with Crippen LogP contribution in [0.5, 0.6) is 0 Å². The summed E-state index contributed by atoms with van der Waals surface area (Å²) < 4.78 is 60.5. The number of nitrogens with zero attached hydrogens (tertiary/aromatic N) is 5. The van der Waals surface area contributed by atoms with Crippen LogP contribution in [0.4, 0.5) is 0 Å². The maximum atomic E-state index is 13.2. The highest BCUT2D eigenvalue weighted by Gasteiger charge is 2.38. The van der Waals surface area contributed by atoms with Crippen molar-refractivity contribution in [3.8, 4) is 0 Å². The van der Waals surface area contributed by atoms with Crippen molar-refractivity contribution in [2.24, 2.45) is 33.6 Å². The van der Waals surface area contributed by atoms with Crippen LogP contribution >= 0.6 is 0 Å². The predicted octanol–water partition coefficient (Wildman–Crippen LogP) is 5.14. The molecule has 0 radical (unpaired) electrons. The second-order valence-electron chi connectivity index (χ2n) is 16.9. The fourth-order valence-corrected chi connectivity index (χ4v) is 13.5. The van der Waals surface area contributed by atoms with Crippen LogP contribution in [-0.4, -0.2) is 116 Å². The van der Waals surface area contributed by atoms with Gasteiger partial charge >= 0.3 is 5.97 Å². The van der Waals surface area contributed by atoms with Crippen molar-refractivity contribution in [1.29, 1.82) is 0 Å². The molecule has 17 heteroatoms. The summed E-state index contributed by atoms with van der Waals surface area (Å²) in [6.07, 6.45) is 17.5. The summed E-state index contributed by atoms with van der Waals surface area (Å²) in [5.74, 6) is 0.393. The van der Waals surface area contributed by atoms with Crippen LogP contribution in [0.25, 0.3) is 0 Å². The third kappa shape index (κ3) is 14.4. The first-order valence-electron chi connectivity index (χ1n) is 21.8. The van der Waals surface area contributed by atoms with Crippen LogP contribution in [0.3, 0.4) is 0 Å². The Morgan fingerprint density at radius 3 is 1.69 bits per heavy atom. The van der Waals surface area contributed by atoms with Gasteiger partial charge in [-0.3, -0.25) is 4.90 Å². The molecule has 2 saturated carbocycles. The molecule has 0 amide bonds. The number of likely N-dealkylation sites (tertiary alicyclic amines) is 1. The number of amidine groups is 2. The summed E-state index contributed by atoms with van der Waals surface area (Å²) in [6, 6.07) is 9.42. The van der Waals surface area contributed by atoms with Crippen molar-refractivity contribution >= 4 is 37.7 Å². The monoisotopic (exact) mass is 851 g/mol. The van der Waals surface area contributed by atoms with E-state index >= 15 is 0 Å². The van der Waals surface area contributed by atoms with Crippen molar-refractivity contribution in [3.63, 3.8) is 0 Å². The van der Waals surface area contributed by atoms with Gasteiger partial charge in [0.05, 0.1) is 42.7 Å². The zero-order chi connectivity index (χ0) is 41.4. The molecule has 3 aliphatic heterocycles. The highest BCUT2D eigenvalue weighted by Crippen LogP contribution is 2.30. The first-order valence-corrected chi connectivity index (χ1v) is 25.0. The van der Waals surface area contributed by atoms with Crippen molar-refractivity contribution in [1.82, 2.24) is 13.5 Å². The molecule has 5 aliphatic rings. The number of rotatable bonds is 15. The molecular weight excluding hydrogens is 783 g/mol. The minimum atomic E-state index is -3.46. The molecule has 3 saturated heterocycles. The summed E-state index contributed by atoms with van der Waals surface area (Å²) in [5.41, 5.74) is 13.1. The molecule has 5 fully saturated rings. The highest BCUT2D eigenvalue weighted by molar-refractivity contribution is 7.89. The molecule has 1 aromatic rings. The average Bonchev–Trinajstić information content (AvgIpc) is 3.24. The smallest absolute Gasteiger partial charge is 0.337 e. The lowest BCUT2D eigenvalue weighted by Gasteiger charge is -2.35. The van der Waals surface area contributed by atoms with Crippen LogP contribution in [0.15, 0.2) is 40.6 Å². The summed E-state index contributed by atoms with van der Waals surface area (Å²) in [5, 5.41) is 15.7. The Kier molecular flexibility index (Phi) is 18.5. The SMILES string of the molecule is N/C(=N\O)[C@@H]1CCCCN1S(=O)(=O)CC1CCCCC1.N/C(=N\OC(=O)CCOC1CCN(Cc2ccccc2)CC1)[C@@H]1CCCCN1S(=O)(=O)CC1CCCCC1. The van der Waals surface area contributed by atoms with Gasteiger partial charge in [0.2, 0.25) is 20.0 Å². The fraction of sp³-hybridized carbons (Fsp3) is 0.780. The van der Waals surface area contributed by atoms with E-state index in [1.54, 1.807) is 0 Å². The number of hydrogen-bond donors (Lipinski definition) is 3. The second-order valence-corrected chi connectivity index (χ2v) is 20.8. The molecule has 2 aliphatic carbocycles. The Bertz CT molecular complexity index is 1680. The van der Waals surface area contributed by atoms with E-state index in [1.165, 1.54) is 27.0 Å². The van der Waals surface area contributed by atoms with Crippen LogP contribution in [0.2, 0.25) is 0 Å². The van der Waals surface area contributed by atoms with Crippen molar-refractivity contribution in [3.05, 3.63) is 35.9 Å². The second kappa shape index (κ2) is 23.2. The lowest BCUT2D eigenvalue weighted by atomic mass is 9.91. The van der Waals surface area contributed by atoms with E-state index in [0.717, 1.165) is 110 Å². The Morgan fingerprint density at radius 1 is 0.672 bits per heavy atom. The molecule has 58 heavy (non-hydrogen) atoms. The van der Waals surface area contributed by atoms with Crippen molar-refractivity contribution in [2.45, 2.75) is 147 Å². The van der Waals surface area contributed by atoms with Crippen LogP contribution in [0.1, 0.15) is 128 Å². The Labute approximate surface area is 347 Å². The van der Waals surface area contributed by atoms with E-state index in [2.05, 4.69) is 39.5 Å².